The van der Waals surface area contributed by atoms with E-state index in [0.717, 1.165) is 10.0 Å². The lowest BCUT2D eigenvalue weighted by Gasteiger charge is -2.18. The minimum absolute atomic E-state index is 0.0230. The fourth-order valence-electron chi connectivity index (χ4n) is 2.28. The van der Waals surface area contributed by atoms with Crippen LogP contribution in [0.1, 0.15) is 12.0 Å². The predicted molar refractivity (Wildman–Crippen MR) is 72.5 cm³/mol. The van der Waals surface area contributed by atoms with Gasteiger partial charge in [0.2, 0.25) is 0 Å². The summed E-state index contributed by atoms with van der Waals surface area (Å²) in [6.45, 7) is 0. The van der Waals surface area contributed by atoms with E-state index in [1.165, 1.54) is 12.1 Å². The first-order valence-electron chi connectivity index (χ1n) is 5.77. The number of benzene rings is 1. The molecule has 0 aromatic heterocycles. The maximum atomic E-state index is 13.1. The van der Waals surface area contributed by atoms with E-state index < -0.39 is 9.84 Å². The first-order valence-corrected chi connectivity index (χ1v) is 8.39. The Bertz CT molecular complexity index is 547. The van der Waals surface area contributed by atoms with Crippen LogP contribution in [0.3, 0.4) is 0 Å². The molecule has 0 aliphatic carbocycles. The number of halogens is 2. The molecule has 6 heteroatoms. The molecule has 1 fully saturated rings. The van der Waals surface area contributed by atoms with Gasteiger partial charge in [-0.05, 0) is 42.5 Å². The van der Waals surface area contributed by atoms with Crippen LogP contribution in [0.15, 0.2) is 22.7 Å². The van der Waals surface area contributed by atoms with Crippen LogP contribution < -0.4 is 5.73 Å². The molecule has 3 nitrogen and oxygen atoms in total. The molecule has 1 aliphatic heterocycles. The number of hydrogen-bond donors (Lipinski definition) is 1. The van der Waals surface area contributed by atoms with E-state index in [1.807, 2.05) is 0 Å². The molecule has 0 radical (unpaired) electrons. The van der Waals surface area contributed by atoms with Crippen LogP contribution in [0.4, 0.5) is 4.39 Å². The van der Waals surface area contributed by atoms with Crippen LogP contribution in [0.2, 0.25) is 0 Å². The number of nitrogens with two attached hydrogens (primary N) is 1. The zero-order valence-corrected chi connectivity index (χ0v) is 12.2. The highest BCUT2D eigenvalue weighted by molar-refractivity contribution is 9.10. The second-order valence-electron chi connectivity index (χ2n) is 4.77. The van der Waals surface area contributed by atoms with Crippen molar-refractivity contribution in [2.75, 3.05) is 11.5 Å². The highest BCUT2D eigenvalue weighted by Gasteiger charge is 2.32. The van der Waals surface area contributed by atoms with Crippen molar-refractivity contribution in [2.45, 2.75) is 18.9 Å². The number of rotatable bonds is 3. The van der Waals surface area contributed by atoms with E-state index in [9.17, 15) is 12.8 Å². The van der Waals surface area contributed by atoms with E-state index in [2.05, 4.69) is 15.9 Å². The molecule has 1 aliphatic rings. The van der Waals surface area contributed by atoms with E-state index >= 15 is 0 Å². The smallest absolute Gasteiger partial charge is 0.150 e. The molecule has 1 aromatic carbocycles. The molecule has 1 saturated heterocycles. The zero-order chi connectivity index (χ0) is 13.3. The summed E-state index contributed by atoms with van der Waals surface area (Å²) in [7, 11) is -2.92. The highest BCUT2D eigenvalue weighted by atomic mass is 79.9. The third-order valence-electron chi connectivity index (χ3n) is 3.34. The maximum Gasteiger partial charge on any atom is 0.150 e. The van der Waals surface area contributed by atoms with Gasteiger partial charge in [-0.2, -0.15) is 0 Å². The highest BCUT2D eigenvalue weighted by Crippen LogP contribution is 2.25. The Kier molecular flexibility index (Phi) is 4.08. The topological polar surface area (TPSA) is 60.2 Å². The standard InChI is InChI=1S/C12H15BrFNO2S/c13-11-2-1-10(14)5-9(11)6-12(15)8-3-4-18(16,17)7-8/h1-2,5,8,12H,3-4,6-7,15H2. The molecule has 0 bridgehead atoms. The monoisotopic (exact) mass is 335 g/mol. The summed E-state index contributed by atoms with van der Waals surface area (Å²) in [4.78, 5) is 0. The van der Waals surface area contributed by atoms with Crippen molar-refractivity contribution in [1.29, 1.82) is 0 Å². The minimum Gasteiger partial charge on any atom is -0.327 e. The van der Waals surface area contributed by atoms with Gasteiger partial charge in [-0.15, -0.1) is 0 Å². The van der Waals surface area contributed by atoms with Gasteiger partial charge in [0.15, 0.2) is 9.84 Å². The van der Waals surface area contributed by atoms with Gasteiger partial charge in [0.1, 0.15) is 5.82 Å². The summed E-state index contributed by atoms with van der Waals surface area (Å²) in [5.74, 6) is 0.0427. The lowest BCUT2D eigenvalue weighted by Crippen LogP contribution is -2.33. The second kappa shape index (κ2) is 5.27. The van der Waals surface area contributed by atoms with E-state index in [4.69, 9.17) is 5.73 Å². The quantitative estimate of drug-likeness (QED) is 0.917. The van der Waals surface area contributed by atoms with Crippen LogP contribution in [-0.4, -0.2) is 26.0 Å². The Morgan fingerprint density at radius 2 is 2.22 bits per heavy atom. The molecule has 2 N–H and O–H groups in total. The Balaban J connectivity index is 2.08. The molecule has 2 atom stereocenters. The normalized spacial score (nSPS) is 24.1. The maximum absolute atomic E-state index is 13.1. The van der Waals surface area contributed by atoms with Crippen molar-refractivity contribution in [1.82, 2.24) is 0 Å². The third kappa shape index (κ3) is 3.30. The average Bonchev–Trinajstić information content (AvgIpc) is 2.64. The van der Waals surface area contributed by atoms with Crippen LogP contribution in [0, 0.1) is 11.7 Å². The Hall–Kier alpha value is -0.460. The summed E-state index contributed by atoms with van der Waals surface area (Å²) < 4.78 is 36.7. The van der Waals surface area contributed by atoms with E-state index in [0.29, 0.717) is 12.8 Å². The van der Waals surface area contributed by atoms with Crippen molar-refractivity contribution < 1.29 is 12.8 Å². The Morgan fingerprint density at radius 1 is 1.50 bits per heavy atom. The third-order valence-corrected chi connectivity index (χ3v) is 5.90. The van der Waals surface area contributed by atoms with Crippen LogP contribution in [0.25, 0.3) is 0 Å². The van der Waals surface area contributed by atoms with Crippen molar-refractivity contribution in [3.05, 3.63) is 34.1 Å². The van der Waals surface area contributed by atoms with Gasteiger partial charge >= 0.3 is 0 Å². The van der Waals surface area contributed by atoms with Crippen molar-refractivity contribution in [2.24, 2.45) is 11.7 Å². The molecular weight excluding hydrogens is 321 g/mol. The fourth-order valence-corrected chi connectivity index (χ4v) is 4.59. The SMILES string of the molecule is NC(Cc1cc(F)ccc1Br)C1CCS(=O)(=O)C1. The predicted octanol–water partition coefficient (Wildman–Crippen LogP) is 1.89. The molecule has 2 unspecified atom stereocenters. The molecule has 1 aromatic rings. The van der Waals surface area contributed by atoms with Gasteiger partial charge in [0.05, 0.1) is 11.5 Å². The van der Waals surface area contributed by atoms with Gasteiger partial charge in [0.25, 0.3) is 0 Å². The molecule has 1 heterocycles. The van der Waals surface area contributed by atoms with Gasteiger partial charge in [0, 0.05) is 10.5 Å². The summed E-state index contributed by atoms with van der Waals surface area (Å²) >= 11 is 3.35. The summed E-state index contributed by atoms with van der Waals surface area (Å²) in [5, 5.41) is 0. The molecule has 0 saturated carbocycles. The molecule has 2 rings (SSSR count). The van der Waals surface area contributed by atoms with Gasteiger partial charge < -0.3 is 5.73 Å². The lowest BCUT2D eigenvalue weighted by molar-refractivity contribution is 0.459. The Morgan fingerprint density at radius 3 is 2.83 bits per heavy atom. The largest absolute Gasteiger partial charge is 0.327 e. The molecule has 0 spiro atoms. The van der Waals surface area contributed by atoms with Crippen molar-refractivity contribution >= 4 is 25.8 Å². The molecule has 18 heavy (non-hydrogen) atoms. The number of hydrogen-bond acceptors (Lipinski definition) is 3. The van der Waals surface area contributed by atoms with Crippen molar-refractivity contribution in [3.63, 3.8) is 0 Å². The minimum atomic E-state index is -2.92. The fraction of sp³-hybridized carbons (Fsp3) is 0.500. The van der Waals surface area contributed by atoms with Gasteiger partial charge in [-0.1, -0.05) is 15.9 Å². The van der Waals surface area contributed by atoms with Crippen LogP contribution >= 0.6 is 15.9 Å². The van der Waals surface area contributed by atoms with Crippen molar-refractivity contribution in [3.8, 4) is 0 Å². The Labute approximate surface area is 115 Å². The first-order chi connectivity index (χ1) is 8.37. The molecule has 0 amide bonds. The summed E-state index contributed by atoms with van der Waals surface area (Å²) in [5.41, 5.74) is 6.83. The van der Waals surface area contributed by atoms with Crippen LogP contribution in [0.5, 0.6) is 0 Å². The van der Waals surface area contributed by atoms with Gasteiger partial charge in [-0.3, -0.25) is 0 Å². The molecular formula is C12H15BrFNO2S. The second-order valence-corrected chi connectivity index (χ2v) is 7.85. The zero-order valence-electron chi connectivity index (χ0n) is 9.77. The van der Waals surface area contributed by atoms with Gasteiger partial charge in [-0.25, -0.2) is 12.8 Å². The first kappa shape index (κ1) is 14.0. The van der Waals surface area contributed by atoms with Crippen LogP contribution in [-0.2, 0) is 16.3 Å². The summed E-state index contributed by atoms with van der Waals surface area (Å²) in [6, 6.07) is 4.20. The lowest BCUT2D eigenvalue weighted by atomic mass is 9.94. The summed E-state index contributed by atoms with van der Waals surface area (Å²) in [6.07, 6.45) is 1.09. The number of sulfone groups is 1. The molecule has 100 valence electrons. The van der Waals surface area contributed by atoms with E-state index in [-0.39, 0.29) is 29.3 Å². The van der Waals surface area contributed by atoms with E-state index in [1.54, 1.807) is 6.07 Å². The average molecular weight is 336 g/mol.